The summed E-state index contributed by atoms with van der Waals surface area (Å²) in [7, 11) is 0. The van der Waals surface area contributed by atoms with E-state index in [0.717, 1.165) is 48.6 Å². The summed E-state index contributed by atoms with van der Waals surface area (Å²) >= 11 is 0. The Kier molecular flexibility index (Phi) is 3.38. The fraction of sp³-hybridized carbons (Fsp3) is 0.947. The summed E-state index contributed by atoms with van der Waals surface area (Å²) in [5, 5.41) is 23.1. The van der Waals surface area contributed by atoms with Gasteiger partial charge in [-0.1, -0.05) is 19.0 Å². The number of oxime groups is 1. The Morgan fingerprint density at radius 1 is 1.00 bits per heavy atom. The van der Waals surface area contributed by atoms with E-state index in [0.29, 0.717) is 5.41 Å². The predicted octanol–water partition coefficient (Wildman–Crippen LogP) is 4.22. The molecule has 2 N–H and O–H groups in total. The SMILES string of the molecule is C[C@]12CC[C@H](O)C[C@@H]1CC[C@H]1[C@H]2CC[C@]2(C)/C(=N/O)CC[C@@H]12. The van der Waals surface area contributed by atoms with Crippen LogP contribution in [-0.4, -0.2) is 22.1 Å². The molecule has 0 aromatic heterocycles. The minimum atomic E-state index is -0.0527. The van der Waals surface area contributed by atoms with Crippen molar-refractivity contribution in [2.45, 2.75) is 77.7 Å². The van der Waals surface area contributed by atoms with Crippen LogP contribution in [0.2, 0.25) is 0 Å². The van der Waals surface area contributed by atoms with Gasteiger partial charge in [-0.25, -0.2) is 0 Å². The first-order chi connectivity index (χ1) is 10.5. The summed E-state index contributed by atoms with van der Waals surface area (Å²) in [5.41, 5.74) is 1.68. The van der Waals surface area contributed by atoms with Crippen molar-refractivity contribution < 1.29 is 10.3 Å². The number of aliphatic hydroxyl groups excluding tert-OH is 1. The van der Waals surface area contributed by atoms with Crippen LogP contribution in [0.5, 0.6) is 0 Å². The molecule has 4 saturated carbocycles. The van der Waals surface area contributed by atoms with Crippen LogP contribution in [-0.2, 0) is 0 Å². The van der Waals surface area contributed by atoms with Gasteiger partial charge >= 0.3 is 0 Å². The second-order valence-corrected chi connectivity index (χ2v) is 9.13. The van der Waals surface area contributed by atoms with Crippen LogP contribution in [0.25, 0.3) is 0 Å². The van der Waals surface area contributed by atoms with Gasteiger partial charge in [0.25, 0.3) is 0 Å². The molecule has 0 spiro atoms. The van der Waals surface area contributed by atoms with E-state index in [-0.39, 0.29) is 11.5 Å². The molecule has 4 aliphatic rings. The van der Waals surface area contributed by atoms with Crippen molar-refractivity contribution >= 4 is 5.71 Å². The van der Waals surface area contributed by atoms with Gasteiger partial charge in [0.2, 0.25) is 0 Å². The third kappa shape index (κ3) is 1.87. The lowest BCUT2D eigenvalue weighted by Crippen LogP contribution is -2.54. The lowest BCUT2D eigenvalue weighted by Gasteiger charge is -2.60. The average molecular weight is 305 g/mol. The molecule has 4 fully saturated rings. The second kappa shape index (κ2) is 4.96. The highest BCUT2D eigenvalue weighted by atomic mass is 16.4. The minimum absolute atomic E-state index is 0.0527. The zero-order chi connectivity index (χ0) is 15.5. The monoisotopic (exact) mass is 305 g/mol. The summed E-state index contributed by atoms with van der Waals surface area (Å²) < 4.78 is 0. The second-order valence-electron chi connectivity index (χ2n) is 9.13. The van der Waals surface area contributed by atoms with E-state index in [1.165, 1.54) is 38.5 Å². The van der Waals surface area contributed by atoms with Crippen molar-refractivity contribution in [2.24, 2.45) is 39.7 Å². The molecule has 0 aromatic rings. The van der Waals surface area contributed by atoms with Gasteiger partial charge in [-0.05, 0) is 86.9 Å². The fourth-order valence-corrected chi connectivity index (χ4v) is 7.19. The molecule has 0 amide bonds. The molecular weight excluding hydrogens is 274 g/mol. The zero-order valence-electron chi connectivity index (χ0n) is 14.1. The van der Waals surface area contributed by atoms with Crippen molar-refractivity contribution in [1.82, 2.24) is 0 Å². The number of aliphatic hydroxyl groups is 1. The Bertz CT molecular complexity index is 490. The number of nitrogens with zero attached hydrogens (tertiary/aromatic N) is 1. The molecule has 3 nitrogen and oxygen atoms in total. The van der Waals surface area contributed by atoms with Crippen LogP contribution in [0.15, 0.2) is 5.16 Å². The predicted molar refractivity (Wildman–Crippen MR) is 87.0 cm³/mol. The van der Waals surface area contributed by atoms with Crippen molar-refractivity contribution in [3.05, 3.63) is 0 Å². The molecular formula is C19H31NO2. The quantitative estimate of drug-likeness (QED) is 0.520. The van der Waals surface area contributed by atoms with Gasteiger partial charge in [0.15, 0.2) is 0 Å². The number of hydrogen-bond acceptors (Lipinski definition) is 3. The van der Waals surface area contributed by atoms with Gasteiger partial charge in [-0.3, -0.25) is 0 Å². The summed E-state index contributed by atoms with van der Waals surface area (Å²) in [6, 6.07) is 0. The van der Waals surface area contributed by atoms with E-state index in [4.69, 9.17) is 0 Å². The lowest BCUT2D eigenvalue weighted by atomic mass is 9.45. The molecule has 0 aliphatic heterocycles. The summed E-state index contributed by atoms with van der Waals surface area (Å²) in [5.74, 6) is 3.10. The normalized spacial score (nSPS) is 56.3. The van der Waals surface area contributed by atoms with E-state index in [1.54, 1.807) is 0 Å². The first-order valence-corrected chi connectivity index (χ1v) is 9.38. The Morgan fingerprint density at radius 3 is 2.59 bits per heavy atom. The molecule has 124 valence electrons. The van der Waals surface area contributed by atoms with Gasteiger partial charge in [-0.15, -0.1) is 0 Å². The summed E-state index contributed by atoms with van der Waals surface area (Å²) in [6.07, 6.45) is 10.5. The summed E-state index contributed by atoms with van der Waals surface area (Å²) in [6.45, 7) is 4.88. The molecule has 3 heteroatoms. The van der Waals surface area contributed by atoms with Gasteiger partial charge in [0.05, 0.1) is 11.8 Å². The molecule has 22 heavy (non-hydrogen) atoms. The van der Waals surface area contributed by atoms with Crippen LogP contribution in [0.1, 0.15) is 71.6 Å². The van der Waals surface area contributed by atoms with Crippen molar-refractivity contribution in [1.29, 1.82) is 0 Å². The van der Waals surface area contributed by atoms with Crippen molar-refractivity contribution in [3.8, 4) is 0 Å². The Morgan fingerprint density at radius 2 is 1.82 bits per heavy atom. The van der Waals surface area contributed by atoms with Crippen LogP contribution in [0.3, 0.4) is 0 Å². The zero-order valence-corrected chi connectivity index (χ0v) is 14.1. The van der Waals surface area contributed by atoms with Gasteiger partial charge in [-0.2, -0.15) is 0 Å². The first kappa shape index (κ1) is 15.0. The van der Waals surface area contributed by atoms with Crippen LogP contribution >= 0.6 is 0 Å². The smallest absolute Gasteiger partial charge is 0.0632 e. The standard InChI is InChI=1S/C19H31NO2/c1-18-9-7-13(21)11-12(18)3-4-14-15-5-6-17(20-22)19(15,2)10-8-16(14)18/h12-16,21-22H,3-11H2,1-2H3/b20-17+/t12-,13-,14+,15-,16+,18-,19-/m0/s1. The Hall–Kier alpha value is -0.570. The fourth-order valence-electron chi connectivity index (χ4n) is 7.19. The molecule has 0 heterocycles. The van der Waals surface area contributed by atoms with Crippen LogP contribution < -0.4 is 0 Å². The molecule has 0 aromatic carbocycles. The number of rotatable bonds is 0. The van der Waals surface area contributed by atoms with E-state index in [2.05, 4.69) is 19.0 Å². The molecule has 0 saturated heterocycles. The van der Waals surface area contributed by atoms with E-state index in [9.17, 15) is 10.3 Å². The molecule has 7 atom stereocenters. The molecule has 4 aliphatic carbocycles. The molecule has 0 bridgehead atoms. The Labute approximate surface area is 134 Å². The lowest BCUT2D eigenvalue weighted by molar-refractivity contribution is -0.114. The third-order valence-corrected chi connectivity index (χ3v) is 8.50. The topological polar surface area (TPSA) is 52.8 Å². The van der Waals surface area contributed by atoms with Crippen molar-refractivity contribution in [3.63, 3.8) is 0 Å². The van der Waals surface area contributed by atoms with Crippen LogP contribution in [0.4, 0.5) is 0 Å². The maximum absolute atomic E-state index is 10.1. The van der Waals surface area contributed by atoms with Gasteiger partial charge in [0.1, 0.15) is 0 Å². The molecule has 0 radical (unpaired) electrons. The van der Waals surface area contributed by atoms with Crippen molar-refractivity contribution in [2.75, 3.05) is 0 Å². The van der Waals surface area contributed by atoms with E-state index in [1.807, 2.05) is 0 Å². The maximum atomic E-state index is 10.1. The number of hydrogen-bond donors (Lipinski definition) is 2. The third-order valence-electron chi connectivity index (χ3n) is 8.50. The average Bonchev–Trinajstić information content (AvgIpc) is 2.84. The molecule has 4 rings (SSSR count). The largest absolute Gasteiger partial charge is 0.411 e. The van der Waals surface area contributed by atoms with Gasteiger partial charge in [0, 0.05) is 5.41 Å². The molecule has 0 unspecified atom stereocenters. The minimum Gasteiger partial charge on any atom is -0.411 e. The summed E-state index contributed by atoms with van der Waals surface area (Å²) in [4.78, 5) is 0. The highest BCUT2D eigenvalue weighted by Crippen LogP contribution is 2.65. The Balaban J connectivity index is 1.63. The van der Waals surface area contributed by atoms with E-state index < -0.39 is 0 Å². The highest BCUT2D eigenvalue weighted by molar-refractivity contribution is 5.91. The van der Waals surface area contributed by atoms with Crippen LogP contribution in [0, 0.1) is 34.5 Å². The maximum Gasteiger partial charge on any atom is 0.0632 e. The van der Waals surface area contributed by atoms with E-state index >= 15 is 0 Å². The van der Waals surface area contributed by atoms with Gasteiger partial charge < -0.3 is 10.3 Å². The number of fused-ring (bicyclic) bond motifs is 5. The highest BCUT2D eigenvalue weighted by Gasteiger charge is 2.59. The first-order valence-electron chi connectivity index (χ1n) is 9.38.